The molecule has 0 radical (unpaired) electrons. The van der Waals surface area contributed by atoms with Crippen LogP contribution >= 0.6 is 0 Å². The molecule has 0 aromatic heterocycles. The second-order valence-electron chi connectivity index (χ2n) is 8.55. The zero-order chi connectivity index (χ0) is 20.0. The van der Waals surface area contributed by atoms with Crippen LogP contribution in [0.2, 0.25) is 0 Å². The summed E-state index contributed by atoms with van der Waals surface area (Å²) in [5, 5.41) is 11.1. The van der Waals surface area contributed by atoms with Gasteiger partial charge in [0.25, 0.3) is 0 Å². The Morgan fingerprint density at radius 1 is 1.22 bits per heavy atom. The van der Waals surface area contributed by atoms with Crippen molar-refractivity contribution in [3.63, 3.8) is 0 Å². The summed E-state index contributed by atoms with van der Waals surface area (Å²) in [4.78, 5) is 39.8. The summed E-state index contributed by atoms with van der Waals surface area (Å²) in [5.41, 5.74) is -0.667. The van der Waals surface area contributed by atoms with E-state index in [1.165, 1.54) is 0 Å². The minimum Gasteiger partial charge on any atom is -0.456 e. The molecule has 150 valence electrons. The summed E-state index contributed by atoms with van der Waals surface area (Å²) in [7, 11) is 0. The number of amides is 2. The lowest BCUT2D eigenvalue weighted by atomic mass is 9.78. The highest BCUT2D eigenvalue weighted by Crippen LogP contribution is 2.39. The van der Waals surface area contributed by atoms with Crippen LogP contribution in [0.15, 0.2) is 11.3 Å². The van der Waals surface area contributed by atoms with Crippen LogP contribution in [-0.4, -0.2) is 70.3 Å². The molecule has 0 bridgehead atoms. The van der Waals surface area contributed by atoms with Crippen molar-refractivity contribution in [1.29, 1.82) is 0 Å². The quantitative estimate of drug-likeness (QED) is 0.728. The van der Waals surface area contributed by atoms with Crippen LogP contribution < -0.4 is 0 Å². The summed E-state index contributed by atoms with van der Waals surface area (Å²) in [6.45, 7) is 8.34. The Kier molecular flexibility index (Phi) is 4.96. The monoisotopic (exact) mass is 380 g/mol. The maximum absolute atomic E-state index is 12.9. The third-order valence-corrected chi connectivity index (χ3v) is 5.54. The van der Waals surface area contributed by atoms with E-state index in [2.05, 4.69) is 0 Å². The van der Waals surface area contributed by atoms with E-state index in [9.17, 15) is 19.5 Å². The molecule has 1 N–H and O–H groups in total. The summed E-state index contributed by atoms with van der Waals surface area (Å²) < 4.78 is 10.4. The van der Waals surface area contributed by atoms with Crippen LogP contribution in [0.4, 0.5) is 4.79 Å². The Morgan fingerprint density at radius 3 is 2.37 bits per heavy atom. The van der Waals surface area contributed by atoms with E-state index in [4.69, 9.17) is 9.47 Å². The van der Waals surface area contributed by atoms with E-state index < -0.39 is 29.2 Å². The average Bonchev–Trinajstić information content (AvgIpc) is 3.10. The van der Waals surface area contributed by atoms with Crippen LogP contribution in [0, 0.1) is 5.92 Å². The number of ether oxygens (including phenoxy) is 2. The van der Waals surface area contributed by atoms with Crippen molar-refractivity contribution in [3.8, 4) is 0 Å². The van der Waals surface area contributed by atoms with Gasteiger partial charge in [-0.15, -0.1) is 0 Å². The maximum Gasteiger partial charge on any atom is 0.410 e. The smallest absolute Gasteiger partial charge is 0.410 e. The molecule has 8 nitrogen and oxygen atoms in total. The first-order valence-electron chi connectivity index (χ1n) is 9.40. The van der Waals surface area contributed by atoms with Gasteiger partial charge in [0.1, 0.15) is 12.2 Å². The van der Waals surface area contributed by atoms with Crippen LogP contribution in [0.25, 0.3) is 0 Å². The van der Waals surface area contributed by atoms with E-state index in [0.717, 1.165) is 0 Å². The molecule has 2 amide bonds. The number of nitrogens with zero attached hydrogens (tertiary/aromatic N) is 2. The molecular formula is C19H28N2O6. The van der Waals surface area contributed by atoms with Gasteiger partial charge in [-0.05, 0) is 47.0 Å². The van der Waals surface area contributed by atoms with Gasteiger partial charge >= 0.3 is 12.1 Å². The largest absolute Gasteiger partial charge is 0.456 e. The van der Waals surface area contributed by atoms with Crippen LogP contribution in [0.5, 0.6) is 0 Å². The molecule has 3 aliphatic heterocycles. The van der Waals surface area contributed by atoms with Gasteiger partial charge in [-0.1, -0.05) is 0 Å². The van der Waals surface area contributed by atoms with Gasteiger partial charge in [-0.3, -0.25) is 4.79 Å². The maximum atomic E-state index is 12.9. The van der Waals surface area contributed by atoms with Crippen molar-refractivity contribution in [2.24, 2.45) is 5.92 Å². The number of likely N-dealkylation sites (tertiary alicyclic amines) is 2. The molecule has 3 rings (SSSR count). The van der Waals surface area contributed by atoms with Crippen LogP contribution in [0.3, 0.4) is 0 Å². The van der Waals surface area contributed by atoms with Gasteiger partial charge in [-0.25, -0.2) is 9.59 Å². The van der Waals surface area contributed by atoms with Gasteiger partial charge < -0.3 is 24.4 Å². The normalized spacial score (nSPS) is 25.9. The highest BCUT2D eigenvalue weighted by molar-refractivity contribution is 5.93. The molecule has 0 aromatic carbocycles. The van der Waals surface area contributed by atoms with Crippen LogP contribution in [0.1, 0.15) is 47.0 Å². The first-order chi connectivity index (χ1) is 12.5. The van der Waals surface area contributed by atoms with E-state index in [-0.39, 0.29) is 12.5 Å². The van der Waals surface area contributed by atoms with Gasteiger partial charge in [0, 0.05) is 19.6 Å². The minimum absolute atomic E-state index is 0.105. The molecule has 2 saturated heterocycles. The van der Waals surface area contributed by atoms with Crippen molar-refractivity contribution < 1.29 is 29.0 Å². The van der Waals surface area contributed by atoms with Gasteiger partial charge in [0.2, 0.25) is 5.91 Å². The second-order valence-corrected chi connectivity index (χ2v) is 8.55. The van der Waals surface area contributed by atoms with E-state index in [0.29, 0.717) is 50.2 Å². The van der Waals surface area contributed by atoms with Gasteiger partial charge in [-0.2, -0.15) is 0 Å². The molecule has 0 aliphatic carbocycles. The lowest BCUT2D eigenvalue weighted by molar-refractivity contribution is -0.141. The molecule has 0 spiro atoms. The average molecular weight is 380 g/mol. The number of cyclic esters (lactones) is 1. The lowest BCUT2D eigenvalue weighted by Gasteiger charge is -2.41. The van der Waals surface area contributed by atoms with Crippen molar-refractivity contribution in [1.82, 2.24) is 9.80 Å². The molecule has 2 fully saturated rings. The number of aliphatic hydroxyl groups is 1. The molecule has 3 heterocycles. The van der Waals surface area contributed by atoms with E-state index >= 15 is 0 Å². The zero-order valence-corrected chi connectivity index (χ0v) is 16.4. The Hall–Kier alpha value is -2.09. The Labute approximate surface area is 159 Å². The fourth-order valence-corrected chi connectivity index (χ4v) is 3.95. The Morgan fingerprint density at radius 2 is 1.85 bits per heavy atom. The first kappa shape index (κ1) is 19.7. The fraction of sp³-hybridized carbons (Fsp3) is 0.737. The SMILES string of the molecule is CC1=C(N2CCC(C3(O)CCN(C(=O)OC(C)(C)C)CC3)C2=O)COC1=O. The number of carbonyl (C=O) groups is 3. The van der Waals surface area contributed by atoms with Crippen molar-refractivity contribution >= 4 is 18.0 Å². The van der Waals surface area contributed by atoms with Gasteiger partial charge in [0.05, 0.1) is 22.8 Å². The predicted molar refractivity (Wildman–Crippen MR) is 95.5 cm³/mol. The molecule has 8 heteroatoms. The third-order valence-electron chi connectivity index (χ3n) is 5.54. The Bertz CT molecular complexity index is 685. The number of piperidine rings is 1. The van der Waals surface area contributed by atoms with Crippen molar-refractivity contribution in [3.05, 3.63) is 11.3 Å². The molecule has 1 atom stereocenters. The fourth-order valence-electron chi connectivity index (χ4n) is 3.95. The number of carbonyl (C=O) groups excluding carboxylic acids is 3. The molecule has 3 aliphatic rings. The van der Waals surface area contributed by atoms with Crippen molar-refractivity contribution in [2.45, 2.75) is 58.2 Å². The highest BCUT2D eigenvalue weighted by atomic mass is 16.6. The molecular weight excluding hydrogens is 352 g/mol. The molecule has 0 saturated carbocycles. The Balaban J connectivity index is 1.64. The van der Waals surface area contributed by atoms with E-state index in [1.807, 2.05) is 20.8 Å². The van der Waals surface area contributed by atoms with E-state index in [1.54, 1.807) is 16.7 Å². The number of esters is 1. The summed E-state index contributed by atoms with van der Waals surface area (Å²) >= 11 is 0. The molecule has 1 unspecified atom stereocenters. The topological polar surface area (TPSA) is 96.4 Å². The van der Waals surface area contributed by atoms with Crippen molar-refractivity contribution in [2.75, 3.05) is 26.2 Å². The lowest BCUT2D eigenvalue weighted by Crippen LogP contribution is -2.52. The summed E-state index contributed by atoms with van der Waals surface area (Å²) in [6, 6.07) is 0. The number of rotatable bonds is 2. The van der Waals surface area contributed by atoms with Crippen LogP contribution in [-0.2, 0) is 19.1 Å². The minimum atomic E-state index is -1.15. The number of hydrogen-bond acceptors (Lipinski definition) is 6. The summed E-state index contributed by atoms with van der Waals surface area (Å²) in [6.07, 6.45) is 0.770. The second kappa shape index (κ2) is 6.82. The van der Waals surface area contributed by atoms with Gasteiger partial charge in [0.15, 0.2) is 0 Å². The standard InChI is InChI=1S/C19H28N2O6/c1-12-14(11-26-16(12)23)21-8-5-13(15(21)22)19(25)6-9-20(10-7-19)17(24)27-18(2,3)4/h13,25H,5-11H2,1-4H3. The highest BCUT2D eigenvalue weighted by Gasteiger charge is 2.50. The molecule has 0 aromatic rings. The third kappa shape index (κ3) is 3.81. The predicted octanol–water partition coefficient (Wildman–Crippen LogP) is 1.43. The molecule has 27 heavy (non-hydrogen) atoms. The first-order valence-corrected chi connectivity index (χ1v) is 9.40. The zero-order valence-electron chi connectivity index (χ0n) is 16.4. The number of hydrogen-bond donors (Lipinski definition) is 1. The summed E-state index contributed by atoms with van der Waals surface area (Å²) in [5.74, 6) is -1.10.